The van der Waals surface area contributed by atoms with Crippen LogP contribution in [0, 0.1) is 5.92 Å². The van der Waals surface area contributed by atoms with E-state index in [1.54, 1.807) is 7.11 Å². The predicted molar refractivity (Wildman–Crippen MR) is 139 cm³/mol. The highest BCUT2D eigenvalue weighted by molar-refractivity contribution is 5.50. The topological polar surface area (TPSA) is 35.2 Å². The van der Waals surface area contributed by atoms with Crippen molar-refractivity contribution in [1.82, 2.24) is 0 Å². The number of nitrogens with two attached hydrogens (primary N) is 1. The molecule has 0 amide bonds. The zero-order valence-corrected chi connectivity index (χ0v) is 20.2. The van der Waals surface area contributed by atoms with Crippen LogP contribution in [0.3, 0.4) is 0 Å². The zero-order valence-electron chi connectivity index (χ0n) is 20.2. The Morgan fingerprint density at radius 3 is 2.24 bits per heavy atom. The Balaban J connectivity index is 1.58. The molecule has 0 spiro atoms. The van der Waals surface area contributed by atoms with Gasteiger partial charge in [0.2, 0.25) is 0 Å². The van der Waals surface area contributed by atoms with Gasteiger partial charge in [0.1, 0.15) is 5.75 Å². The molecular formula is C31H38NO. The average molecular weight is 441 g/mol. The quantitative estimate of drug-likeness (QED) is 0.372. The summed E-state index contributed by atoms with van der Waals surface area (Å²) in [6.45, 7) is 2.16. The van der Waals surface area contributed by atoms with Gasteiger partial charge in [-0.1, -0.05) is 92.1 Å². The number of hydrogen-bond donors (Lipinski definition) is 1. The van der Waals surface area contributed by atoms with E-state index in [9.17, 15) is 0 Å². The number of benzene rings is 3. The monoisotopic (exact) mass is 440 g/mol. The van der Waals surface area contributed by atoms with Crippen molar-refractivity contribution in [3.05, 3.63) is 107 Å². The predicted octanol–water partition coefficient (Wildman–Crippen LogP) is 7.56. The third-order valence-corrected chi connectivity index (χ3v) is 7.38. The highest BCUT2D eigenvalue weighted by Gasteiger charge is 2.35. The van der Waals surface area contributed by atoms with Crippen LogP contribution in [0.2, 0.25) is 0 Å². The normalized spacial score (nSPS) is 16.5. The zero-order chi connectivity index (χ0) is 23.1. The van der Waals surface area contributed by atoms with Gasteiger partial charge in [0.05, 0.1) is 7.11 Å². The van der Waals surface area contributed by atoms with E-state index in [1.165, 1.54) is 54.7 Å². The van der Waals surface area contributed by atoms with Crippen LogP contribution >= 0.6 is 0 Å². The van der Waals surface area contributed by atoms with Crippen molar-refractivity contribution >= 4 is 0 Å². The minimum Gasteiger partial charge on any atom is -0.496 e. The molecule has 0 bridgehead atoms. The first-order valence-corrected chi connectivity index (χ1v) is 12.5. The third kappa shape index (κ3) is 5.68. The molecule has 173 valence electrons. The van der Waals surface area contributed by atoms with Crippen LogP contribution in [0.1, 0.15) is 80.0 Å². The SMILES string of the molecule is COc1ccccc1[C](CCCc1ccccc1)C(C)(N)c1ccc(C2CCCCC2)cc1. The lowest BCUT2D eigenvalue weighted by atomic mass is 9.73. The summed E-state index contributed by atoms with van der Waals surface area (Å²) in [4.78, 5) is 0. The molecule has 1 unspecified atom stereocenters. The van der Waals surface area contributed by atoms with Gasteiger partial charge in [-0.05, 0) is 67.7 Å². The third-order valence-electron chi connectivity index (χ3n) is 7.38. The van der Waals surface area contributed by atoms with Gasteiger partial charge in [-0.2, -0.15) is 0 Å². The van der Waals surface area contributed by atoms with Gasteiger partial charge < -0.3 is 10.5 Å². The van der Waals surface area contributed by atoms with Crippen molar-refractivity contribution in [3.63, 3.8) is 0 Å². The number of aryl methyl sites for hydroxylation is 1. The van der Waals surface area contributed by atoms with Crippen LogP contribution < -0.4 is 10.5 Å². The van der Waals surface area contributed by atoms with Gasteiger partial charge in [0, 0.05) is 17.0 Å². The second kappa shape index (κ2) is 11.0. The van der Waals surface area contributed by atoms with E-state index in [1.807, 2.05) is 12.1 Å². The number of para-hydroxylation sites is 1. The molecule has 2 heteroatoms. The highest BCUT2D eigenvalue weighted by atomic mass is 16.5. The lowest BCUT2D eigenvalue weighted by molar-refractivity contribution is 0.401. The molecule has 3 aromatic carbocycles. The number of ether oxygens (including phenoxy) is 1. The number of methoxy groups -OCH3 is 1. The molecule has 4 rings (SSSR count). The first kappa shape index (κ1) is 23.6. The van der Waals surface area contributed by atoms with Crippen molar-refractivity contribution in [2.45, 2.75) is 69.7 Å². The molecular weight excluding hydrogens is 402 g/mol. The molecule has 2 nitrogen and oxygen atoms in total. The van der Waals surface area contributed by atoms with E-state index in [0.717, 1.165) is 30.6 Å². The highest BCUT2D eigenvalue weighted by Crippen LogP contribution is 2.42. The molecule has 1 fully saturated rings. The molecule has 3 aromatic rings. The van der Waals surface area contributed by atoms with Crippen molar-refractivity contribution in [2.75, 3.05) is 7.11 Å². The van der Waals surface area contributed by atoms with E-state index in [0.29, 0.717) is 5.92 Å². The van der Waals surface area contributed by atoms with Gasteiger partial charge in [0.25, 0.3) is 0 Å². The van der Waals surface area contributed by atoms with Gasteiger partial charge in [-0.15, -0.1) is 0 Å². The number of rotatable bonds is 9. The molecule has 1 saturated carbocycles. The summed E-state index contributed by atoms with van der Waals surface area (Å²) in [5.74, 6) is 2.84. The van der Waals surface area contributed by atoms with Gasteiger partial charge >= 0.3 is 0 Å². The van der Waals surface area contributed by atoms with E-state index in [4.69, 9.17) is 10.5 Å². The Bertz CT molecular complexity index is 987. The van der Waals surface area contributed by atoms with Gasteiger partial charge in [-0.25, -0.2) is 0 Å². The molecule has 0 aliphatic heterocycles. The van der Waals surface area contributed by atoms with E-state index < -0.39 is 5.54 Å². The standard InChI is InChI=1S/C31H38NO/c1-31(32,27-22-20-26(21-23-27)25-15-7-4-8-16-25)29(28-17-9-10-19-30(28)33-2)18-11-14-24-12-5-3-6-13-24/h3,5-6,9-10,12-13,17,19-23,25H,4,7-8,11,14-16,18,32H2,1-2H3. The molecule has 1 aliphatic carbocycles. The molecule has 1 atom stereocenters. The van der Waals surface area contributed by atoms with Crippen molar-refractivity contribution in [3.8, 4) is 5.75 Å². The maximum Gasteiger partial charge on any atom is 0.122 e. The average Bonchev–Trinajstić information content (AvgIpc) is 2.88. The maximum atomic E-state index is 7.15. The second-order valence-corrected chi connectivity index (χ2v) is 9.68. The molecule has 0 saturated heterocycles. The first-order chi connectivity index (χ1) is 16.1. The van der Waals surface area contributed by atoms with Gasteiger partial charge in [-0.3, -0.25) is 0 Å². The Morgan fingerprint density at radius 2 is 1.55 bits per heavy atom. The van der Waals surface area contributed by atoms with Gasteiger partial charge in [0.15, 0.2) is 0 Å². The Morgan fingerprint density at radius 1 is 0.879 bits per heavy atom. The van der Waals surface area contributed by atoms with E-state index >= 15 is 0 Å². The summed E-state index contributed by atoms with van der Waals surface area (Å²) in [5, 5.41) is 0. The molecule has 1 aliphatic rings. The van der Waals surface area contributed by atoms with Crippen LogP contribution in [-0.4, -0.2) is 7.11 Å². The summed E-state index contributed by atoms with van der Waals surface area (Å²) >= 11 is 0. The Labute approximate surface area is 200 Å². The fraction of sp³-hybridized carbons (Fsp3) is 0.387. The lowest BCUT2D eigenvalue weighted by Gasteiger charge is -2.36. The fourth-order valence-electron chi connectivity index (χ4n) is 5.39. The molecule has 0 aromatic heterocycles. The largest absolute Gasteiger partial charge is 0.496 e. The number of hydrogen-bond acceptors (Lipinski definition) is 2. The fourth-order valence-corrected chi connectivity index (χ4v) is 5.39. The van der Waals surface area contributed by atoms with Crippen molar-refractivity contribution in [1.29, 1.82) is 0 Å². The lowest BCUT2D eigenvalue weighted by Crippen LogP contribution is -2.40. The summed E-state index contributed by atoms with van der Waals surface area (Å²) < 4.78 is 5.74. The van der Waals surface area contributed by atoms with Crippen molar-refractivity contribution in [2.24, 2.45) is 5.73 Å². The Hall–Kier alpha value is -2.58. The van der Waals surface area contributed by atoms with Crippen molar-refractivity contribution < 1.29 is 4.74 Å². The summed E-state index contributed by atoms with van der Waals surface area (Å²) in [7, 11) is 1.74. The summed E-state index contributed by atoms with van der Waals surface area (Å²) in [6.07, 6.45) is 9.74. The van der Waals surface area contributed by atoms with Crippen LogP contribution in [0.15, 0.2) is 78.9 Å². The maximum absolute atomic E-state index is 7.15. The molecule has 0 heterocycles. The van der Waals surface area contributed by atoms with Crippen LogP contribution in [0.5, 0.6) is 5.75 Å². The van der Waals surface area contributed by atoms with Crippen LogP contribution in [-0.2, 0) is 12.0 Å². The second-order valence-electron chi connectivity index (χ2n) is 9.68. The van der Waals surface area contributed by atoms with Crippen LogP contribution in [0.4, 0.5) is 0 Å². The van der Waals surface area contributed by atoms with Crippen LogP contribution in [0.25, 0.3) is 0 Å². The minimum absolute atomic E-state index is 0.573. The molecule has 2 N–H and O–H groups in total. The first-order valence-electron chi connectivity index (χ1n) is 12.5. The summed E-state index contributed by atoms with van der Waals surface area (Å²) in [6, 6.07) is 28.2. The molecule has 1 radical (unpaired) electrons. The van der Waals surface area contributed by atoms with E-state index in [2.05, 4.69) is 73.7 Å². The minimum atomic E-state index is -0.573. The molecule has 33 heavy (non-hydrogen) atoms. The smallest absolute Gasteiger partial charge is 0.122 e. The summed E-state index contributed by atoms with van der Waals surface area (Å²) in [5.41, 5.74) is 11.7. The Kier molecular flexibility index (Phi) is 7.88. The van der Waals surface area contributed by atoms with E-state index in [-0.39, 0.29) is 0 Å².